The molecule has 4 rings (SSSR count). The Labute approximate surface area is 183 Å². The number of hydrogen-bond donors (Lipinski definition) is 2. The molecule has 10 heteroatoms. The number of fused-ring (bicyclic) bond motifs is 1. The molecule has 1 aliphatic rings. The third-order valence-corrected chi connectivity index (χ3v) is 5.30. The standard InChI is InChI=1S/C22H22N4O6/c1-31-22-19(32-13-20(28)25-11-10-15(27)12-25)9-7-14(21(22)26(29)30)6-8-18-16-4-2-3-5-17(16)23-24-18/h2-9,15,27H,10-13H2,1H3,(H,23,24)/t15-/m1/s1. The van der Waals surface area contributed by atoms with Gasteiger partial charge in [0, 0.05) is 18.5 Å². The van der Waals surface area contributed by atoms with Crippen LogP contribution in [0.2, 0.25) is 0 Å². The molecule has 2 N–H and O–H groups in total. The molecule has 166 valence electrons. The van der Waals surface area contributed by atoms with Crippen LogP contribution in [0.5, 0.6) is 11.5 Å². The number of nitrogens with zero attached hydrogens (tertiary/aromatic N) is 3. The van der Waals surface area contributed by atoms with Gasteiger partial charge in [-0.15, -0.1) is 0 Å². The zero-order chi connectivity index (χ0) is 22.7. The van der Waals surface area contributed by atoms with Crippen LogP contribution in [0.1, 0.15) is 17.7 Å². The summed E-state index contributed by atoms with van der Waals surface area (Å²) in [7, 11) is 1.31. The van der Waals surface area contributed by atoms with Crippen LogP contribution in [0.15, 0.2) is 36.4 Å². The van der Waals surface area contributed by atoms with E-state index in [0.717, 1.165) is 10.9 Å². The number of carbonyl (C=O) groups excluding carboxylic acids is 1. The normalized spacial score (nSPS) is 16.1. The molecular formula is C22H22N4O6. The molecule has 0 radical (unpaired) electrons. The number of β-amino-alcohol motifs (C(OH)–C–C–N with tert-alkyl or cyclic N) is 1. The van der Waals surface area contributed by atoms with Crippen LogP contribution >= 0.6 is 0 Å². The lowest BCUT2D eigenvalue weighted by Crippen LogP contribution is -2.33. The molecule has 1 saturated heterocycles. The number of likely N-dealkylation sites (tertiary alicyclic amines) is 1. The van der Waals surface area contributed by atoms with Gasteiger partial charge in [0.2, 0.25) is 5.75 Å². The van der Waals surface area contributed by atoms with Crippen molar-refractivity contribution < 1.29 is 24.3 Å². The second-order valence-electron chi connectivity index (χ2n) is 7.35. The van der Waals surface area contributed by atoms with Crippen molar-refractivity contribution in [3.05, 3.63) is 57.8 Å². The van der Waals surface area contributed by atoms with Gasteiger partial charge in [-0.05, 0) is 36.8 Å². The Balaban J connectivity index is 1.59. The highest BCUT2D eigenvalue weighted by atomic mass is 16.6. The number of carbonyl (C=O) groups is 1. The molecule has 2 aromatic carbocycles. The van der Waals surface area contributed by atoms with E-state index in [1.807, 2.05) is 24.3 Å². The Morgan fingerprint density at radius 2 is 2.16 bits per heavy atom. The van der Waals surface area contributed by atoms with E-state index in [2.05, 4.69) is 10.2 Å². The maximum absolute atomic E-state index is 12.3. The molecule has 32 heavy (non-hydrogen) atoms. The quantitative estimate of drug-likeness (QED) is 0.428. The zero-order valence-corrected chi connectivity index (χ0v) is 17.4. The number of nitro groups is 1. The number of aliphatic hydroxyl groups is 1. The van der Waals surface area contributed by atoms with Crippen molar-refractivity contribution in [1.82, 2.24) is 15.1 Å². The molecule has 0 spiro atoms. The van der Waals surface area contributed by atoms with E-state index in [0.29, 0.717) is 24.2 Å². The number of nitro benzene ring substituents is 1. The number of aromatic nitrogens is 2. The number of amides is 1. The Morgan fingerprint density at radius 3 is 2.88 bits per heavy atom. The zero-order valence-electron chi connectivity index (χ0n) is 17.4. The minimum atomic E-state index is -0.549. The number of hydrogen-bond acceptors (Lipinski definition) is 7. The molecule has 1 aromatic heterocycles. The fourth-order valence-corrected chi connectivity index (χ4v) is 3.68. The number of ether oxygens (including phenoxy) is 2. The van der Waals surface area contributed by atoms with Crippen molar-refractivity contribution in [3.63, 3.8) is 0 Å². The summed E-state index contributed by atoms with van der Waals surface area (Å²) in [6, 6.07) is 10.6. The van der Waals surface area contributed by atoms with Gasteiger partial charge in [-0.1, -0.05) is 18.2 Å². The fraction of sp³-hybridized carbons (Fsp3) is 0.273. The highest BCUT2D eigenvalue weighted by Gasteiger charge is 2.27. The Bertz CT molecular complexity index is 1190. The summed E-state index contributed by atoms with van der Waals surface area (Å²) >= 11 is 0. The predicted octanol–water partition coefficient (Wildman–Crippen LogP) is 2.62. The topological polar surface area (TPSA) is 131 Å². The highest BCUT2D eigenvalue weighted by molar-refractivity contribution is 5.90. The molecule has 0 unspecified atom stereocenters. The number of benzene rings is 2. The monoisotopic (exact) mass is 438 g/mol. The first-order valence-corrected chi connectivity index (χ1v) is 10.0. The average molecular weight is 438 g/mol. The summed E-state index contributed by atoms with van der Waals surface area (Å²) in [4.78, 5) is 25.1. The second kappa shape index (κ2) is 9.06. The van der Waals surface area contributed by atoms with Gasteiger partial charge < -0.3 is 19.5 Å². The van der Waals surface area contributed by atoms with Gasteiger partial charge in [-0.2, -0.15) is 5.10 Å². The molecule has 2 heterocycles. The molecule has 3 aromatic rings. The van der Waals surface area contributed by atoms with E-state index >= 15 is 0 Å². The van der Waals surface area contributed by atoms with E-state index in [4.69, 9.17) is 9.47 Å². The van der Waals surface area contributed by atoms with Crippen molar-refractivity contribution in [2.45, 2.75) is 12.5 Å². The van der Waals surface area contributed by atoms with Gasteiger partial charge in [0.25, 0.3) is 5.91 Å². The summed E-state index contributed by atoms with van der Waals surface area (Å²) in [6.45, 7) is 0.395. The number of aromatic amines is 1. The van der Waals surface area contributed by atoms with Crippen LogP contribution in [0, 0.1) is 10.1 Å². The van der Waals surface area contributed by atoms with Crippen LogP contribution in [0.3, 0.4) is 0 Å². The minimum Gasteiger partial charge on any atom is -0.488 e. The molecule has 1 fully saturated rings. The van der Waals surface area contributed by atoms with Crippen LogP contribution in [-0.2, 0) is 4.79 Å². The lowest BCUT2D eigenvalue weighted by molar-refractivity contribution is -0.386. The van der Waals surface area contributed by atoms with Gasteiger partial charge in [0.05, 0.1) is 34.9 Å². The summed E-state index contributed by atoms with van der Waals surface area (Å²) in [5, 5.41) is 29.4. The van der Waals surface area contributed by atoms with E-state index in [1.54, 1.807) is 12.2 Å². The molecule has 1 atom stereocenters. The molecular weight excluding hydrogens is 416 g/mol. The summed E-state index contributed by atoms with van der Waals surface area (Å²) in [6.07, 6.45) is 3.26. The fourth-order valence-electron chi connectivity index (χ4n) is 3.68. The number of nitrogens with one attached hydrogen (secondary N) is 1. The SMILES string of the molecule is COc1c(OCC(=O)N2CC[C@@H](O)C2)ccc(C=Cc2n[nH]c3ccccc23)c1[N+](=O)[O-]. The van der Waals surface area contributed by atoms with Gasteiger partial charge in [-0.25, -0.2) is 0 Å². The number of H-pyrrole nitrogens is 1. The lowest BCUT2D eigenvalue weighted by atomic mass is 10.1. The molecule has 0 bridgehead atoms. The van der Waals surface area contributed by atoms with Crippen LogP contribution < -0.4 is 9.47 Å². The van der Waals surface area contributed by atoms with Crippen LogP contribution in [-0.4, -0.2) is 63.9 Å². The maximum Gasteiger partial charge on any atom is 0.322 e. The van der Waals surface area contributed by atoms with Crippen molar-refractivity contribution in [2.75, 3.05) is 26.8 Å². The van der Waals surface area contributed by atoms with E-state index in [9.17, 15) is 20.0 Å². The maximum atomic E-state index is 12.3. The average Bonchev–Trinajstić information content (AvgIpc) is 3.41. The molecule has 0 aliphatic carbocycles. The van der Waals surface area contributed by atoms with Crippen molar-refractivity contribution in [2.24, 2.45) is 0 Å². The van der Waals surface area contributed by atoms with E-state index in [-0.39, 0.29) is 36.2 Å². The Morgan fingerprint density at radius 1 is 1.34 bits per heavy atom. The van der Waals surface area contributed by atoms with Crippen molar-refractivity contribution in [3.8, 4) is 11.5 Å². The van der Waals surface area contributed by atoms with Gasteiger partial charge >= 0.3 is 5.69 Å². The lowest BCUT2D eigenvalue weighted by Gasteiger charge is -2.17. The summed E-state index contributed by atoms with van der Waals surface area (Å²) in [5.41, 5.74) is 1.54. The number of rotatable bonds is 7. The van der Waals surface area contributed by atoms with E-state index in [1.165, 1.54) is 24.1 Å². The smallest absolute Gasteiger partial charge is 0.322 e. The van der Waals surface area contributed by atoms with Gasteiger partial charge in [-0.3, -0.25) is 20.0 Å². The first-order chi connectivity index (χ1) is 15.5. The van der Waals surface area contributed by atoms with Crippen LogP contribution in [0.4, 0.5) is 5.69 Å². The number of aliphatic hydroxyl groups excluding tert-OH is 1. The largest absolute Gasteiger partial charge is 0.488 e. The summed E-state index contributed by atoms with van der Waals surface area (Å²) < 4.78 is 10.8. The summed E-state index contributed by atoms with van der Waals surface area (Å²) in [5.74, 6) is -0.284. The Kier molecular flexibility index (Phi) is 6.04. The molecule has 1 amide bonds. The first kappa shape index (κ1) is 21.3. The third-order valence-electron chi connectivity index (χ3n) is 5.30. The number of methoxy groups -OCH3 is 1. The molecule has 10 nitrogen and oxygen atoms in total. The third kappa shape index (κ3) is 4.26. The van der Waals surface area contributed by atoms with Crippen molar-refractivity contribution in [1.29, 1.82) is 0 Å². The number of para-hydroxylation sites is 1. The van der Waals surface area contributed by atoms with Gasteiger partial charge in [0.15, 0.2) is 12.4 Å². The second-order valence-corrected chi connectivity index (χ2v) is 7.35. The highest BCUT2D eigenvalue weighted by Crippen LogP contribution is 2.40. The molecule has 1 aliphatic heterocycles. The molecule has 0 saturated carbocycles. The predicted molar refractivity (Wildman–Crippen MR) is 117 cm³/mol. The first-order valence-electron chi connectivity index (χ1n) is 10.0. The van der Waals surface area contributed by atoms with Gasteiger partial charge in [0.1, 0.15) is 0 Å². The Hall–Kier alpha value is -3.92. The van der Waals surface area contributed by atoms with E-state index < -0.39 is 11.0 Å². The van der Waals surface area contributed by atoms with Crippen molar-refractivity contribution >= 4 is 34.6 Å². The van der Waals surface area contributed by atoms with Crippen LogP contribution in [0.25, 0.3) is 23.1 Å². The minimum absolute atomic E-state index is 0.0710.